The summed E-state index contributed by atoms with van der Waals surface area (Å²) in [7, 11) is 1.60. The van der Waals surface area contributed by atoms with E-state index in [4.69, 9.17) is 0 Å². The van der Waals surface area contributed by atoms with Crippen LogP contribution in [0.4, 0.5) is 0 Å². The van der Waals surface area contributed by atoms with Gasteiger partial charge in [-0.1, -0.05) is 177 Å². The van der Waals surface area contributed by atoms with Crippen LogP contribution in [0.25, 0.3) is 0 Å². The molecule has 5 rings (SSSR count). The van der Waals surface area contributed by atoms with Crippen molar-refractivity contribution in [1.29, 1.82) is 0 Å². The first-order valence-corrected chi connectivity index (χ1v) is 19.4. The van der Waals surface area contributed by atoms with E-state index in [1.54, 1.807) is 0 Å². The Hall–Kier alpha value is -0.167. The fraction of sp³-hybridized carbons (Fsp3) is 0.263. The second-order valence-corrected chi connectivity index (χ2v) is 19.0. The Labute approximate surface area is 283 Å². The van der Waals surface area contributed by atoms with E-state index in [9.17, 15) is 0 Å². The molecule has 2 aliphatic carbocycles. The summed E-state index contributed by atoms with van der Waals surface area (Å²) in [6.45, 7) is 22.0. The quantitative estimate of drug-likeness (QED) is 0.234. The molecule has 2 aliphatic rings. The molecule has 0 aromatic heterocycles. The van der Waals surface area contributed by atoms with Gasteiger partial charge in [-0.15, -0.1) is 0 Å². The summed E-state index contributed by atoms with van der Waals surface area (Å²) in [5, 5.41) is 4.45. The van der Waals surface area contributed by atoms with Crippen molar-refractivity contribution in [2.24, 2.45) is 0 Å². The van der Waals surface area contributed by atoms with Crippen LogP contribution >= 0.6 is 23.8 Å². The molecule has 3 aromatic carbocycles. The van der Waals surface area contributed by atoms with Gasteiger partial charge in [0.25, 0.3) is 0 Å². The summed E-state index contributed by atoms with van der Waals surface area (Å²) in [6.07, 6.45) is 0. The van der Waals surface area contributed by atoms with E-state index in [-0.39, 0.29) is 33.5 Å². The van der Waals surface area contributed by atoms with Gasteiger partial charge in [0.1, 0.15) is 0 Å². The van der Waals surface area contributed by atoms with Gasteiger partial charge in [-0.3, -0.25) is 0 Å². The molecule has 2 atom stereocenters. The van der Waals surface area contributed by atoms with Crippen LogP contribution in [0.3, 0.4) is 0 Å². The second kappa shape index (κ2) is 18.7. The molecule has 0 amide bonds. The van der Waals surface area contributed by atoms with Crippen molar-refractivity contribution in [3.8, 4) is 0 Å². The average molecular weight is 688 g/mol. The topological polar surface area (TPSA) is 0 Å². The first kappa shape index (κ1) is 38.0. The Morgan fingerprint density at radius 1 is 0.333 bits per heavy atom. The number of rotatable bonds is 5. The normalized spacial score (nSPS) is 20.1. The predicted octanol–water partition coefficient (Wildman–Crippen LogP) is 10.6. The Kier molecular flexibility index (Phi) is 16.9. The van der Waals surface area contributed by atoms with Crippen LogP contribution in [0.1, 0.15) is 69.2 Å². The molecule has 2 unspecified atom stereocenters. The van der Waals surface area contributed by atoms with Crippen molar-refractivity contribution in [1.82, 2.24) is 0 Å². The zero-order valence-electron chi connectivity index (χ0n) is 27.1. The Morgan fingerprint density at radius 2 is 0.548 bits per heavy atom. The Bertz CT molecular complexity index is 964. The van der Waals surface area contributed by atoms with Gasteiger partial charge in [0.2, 0.25) is 0 Å². The standard InChI is InChI=1S/C18H17P3.2C10H15.Zr/c1-4-10-16(11-5-1)19-21(18-14-8-3-9-15-18)20-17-12-6-2-7-13-17;2*1-6-7(2)9(4)10(5)8(6)3;/h1-15,19-20H;2*1-5H3;/q;;;+2. The third-order valence-corrected chi connectivity index (χ3v) is 17.6. The maximum absolute atomic E-state index is 2.29. The van der Waals surface area contributed by atoms with Crippen LogP contribution in [0, 0.1) is 59.2 Å². The zero-order valence-corrected chi connectivity index (χ0v) is 32.5. The van der Waals surface area contributed by atoms with Crippen molar-refractivity contribution >= 4 is 39.8 Å². The first-order chi connectivity index (χ1) is 19.5. The van der Waals surface area contributed by atoms with Crippen LogP contribution < -0.4 is 15.9 Å². The van der Waals surface area contributed by atoms with E-state index in [0.29, 0.717) is 0 Å². The van der Waals surface area contributed by atoms with Crippen molar-refractivity contribution in [3.05, 3.63) is 150 Å². The smallest absolute Gasteiger partial charge is 0.0622 e. The molecule has 0 nitrogen and oxygen atoms in total. The largest absolute Gasteiger partial charge is 2.00 e. The van der Waals surface area contributed by atoms with E-state index in [2.05, 4.69) is 160 Å². The number of benzene rings is 3. The van der Waals surface area contributed by atoms with Gasteiger partial charge in [-0.05, 0) is 82.4 Å². The Balaban J connectivity index is 0.000000247. The van der Waals surface area contributed by atoms with Crippen molar-refractivity contribution in [3.63, 3.8) is 0 Å². The maximum atomic E-state index is 2.29. The summed E-state index contributed by atoms with van der Waals surface area (Å²) in [6, 6.07) is 32.8. The van der Waals surface area contributed by atoms with Crippen molar-refractivity contribution in [2.45, 2.75) is 69.2 Å². The van der Waals surface area contributed by atoms with E-state index in [1.807, 2.05) is 0 Å². The molecular formula is C38H47P3Zr+2. The van der Waals surface area contributed by atoms with Crippen LogP contribution in [-0.2, 0) is 26.2 Å². The molecule has 2 fully saturated rings. The summed E-state index contributed by atoms with van der Waals surface area (Å²) < 4.78 is 0. The van der Waals surface area contributed by atoms with E-state index < -0.39 is 0 Å². The van der Waals surface area contributed by atoms with Crippen molar-refractivity contribution in [2.75, 3.05) is 0 Å². The van der Waals surface area contributed by atoms with Gasteiger partial charge < -0.3 is 0 Å². The second-order valence-electron chi connectivity index (χ2n) is 10.9. The van der Waals surface area contributed by atoms with Gasteiger partial charge in [0.15, 0.2) is 0 Å². The van der Waals surface area contributed by atoms with E-state index in [0.717, 1.165) is 16.5 Å². The zero-order chi connectivity index (χ0) is 30.1. The van der Waals surface area contributed by atoms with Crippen LogP contribution in [0.5, 0.6) is 0 Å². The van der Waals surface area contributed by atoms with Gasteiger partial charge in [-0.2, -0.15) is 0 Å². The fourth-order valence-corrected chi connectivity index (χ4v) is 13.9. The molecule has 0 spiro atoms. The number of hydrogen-bond acceptors (Lipinski definition) is 0. The van der Waals surface area contributed by atoms with Gasteiger partial charge in [0.05, 0.1) is 0 Å². The van der Waals surface area contributed by atoms with Crippen molar-refractivity contribution < 1.29 is 26.2 Å². The summed E-state index contributed by atoms with van der Waals surface area (Å²) >= 11 is 0. The molecule has 2 saturated carbocycles. The minimum Gasteiger partial charge on any atom is -0.0622 e. The fourth-order valence-electron chi connectivity index (χ4n) is 4.83. The maximum Gasteiger partial charge on any atom is 2.00 e. The summed E-state index contributed by atoms with van der Waals surface area (Å²) in [5.74, 6) is 14.7. The molecular weight excluding hydrogens is 641 g/mol. The number of hydrogen-bond donors (Lipinski definition) is 0. The molecule has 0 bridgehead atoms. The molecule has 0 heterocycles. The molecule has 10 radical (unpaired) electrons. The minimum atomic E-state index is -0.153. The molecule has 3 aromatic rings. The van der Waals surface area contributed by atoms with Crippen LogP contribution in [-0.4, -0.2) is 0 Å². The van der Waals surface area contributed by atoms with Crippen LogP contribution in [0.15, 0.2) is 91.0 Å². The summed E-state index contributed by atoms with van der Waals surface area (Å²) in [4.78, 5) is 0. The molecule has 0 N–H and O–H groups in total. The monoisotopic (exact) mass is 686 g/mol. The Morgan fingerprint density at radius 3 is 0.786 bits per heavy atom. The van der Waals surface area contributed by atoms with Crippen LogP contribution in [0.2, 0.25) is 0 Å². The molecule has 4 heteroatoms. The summed E-state index contributed by atoms with van der Waals surface area (Å²) in [5.41, 5.74) is 0. The SMILES string of the molecule is C[C]1[C](C)[C](C)[C](C)[C]1C.C[C]1[C](C)[C](C)[C](C)[C]1C.[Zr+2].c1ccc(PP(Pc2ccccc2)c2ccccc2)cc1. The predicted molar refractivity (Wildman–Crippen MR) is 191 cm³/mol. The third-order valence-electron chi connectivity index (χ3n) is 8.67. The van der Waals surface area contributed by atoms with Gasteiger partial charge in [-0.25, -0.2) is 0 Å². The van der Waals surface area contributed by atoms with E-state index in [1.165, 1.54) is 75.1 Å². The average Bonchev–Trinajstić information content (AvgIpc) is 3.28. The first-order valence-electron chi connectivity index (χ1n) is 14.4. The third kappa shape index (κ3) is 10.4. The minimum absolute atomic E-state index is 0. The molecule has 0 saturated heterocycles. The molecule has 216 valence electrons. The van der Waals surface area contributed by atoms with Gasteiger partial charge in [0, 0.05) is 0 Å². The molecule has 42 heavy (non-hydrogen) atoms. The van der Waals surface area contributed by atoms with Gasteiger partial charge >= 0.3 is 26.2 Å². The molecule has 0 aliphatic heterocycles. The van der Waals surface area contributed by atoms with E-state index >= 15 is 0 Å².